The molecule has 0 atom stereocenters. The van der Waals surface area contributed by atoms with Crippen LogP contribution in [0.1, 0.15) is 38.3 Å². The molecule has 0 fully saturated rings. The van der Waals surface area contributed by atoms with Crippen LogP contribution in [0, 0.1) is 6.92 Å². The van der Waals surface area contributed by atoms with Crippen molar-refractivity contribution in [3.05, 3.63) is 53.6 Å². The van der Waals surface area contributed by atoms with E-state index in [9.17, 15) is 19.5 Å². The zero-order valence-corrected chi connectivity index (χ0v) is 18.6. The smallest absolute Gasteiger partial charge is 0.508 e. The summed E-state index contributed by atoms with van der Waals surface area (Å²) in [5.41, 5.74) is 3.96. The third kappa shape index (κ3) is 6.73. The van der Waals surface area contributed by atoms with Crippen LogP contribution in [0.3, 0.4) is 0 Å². The van der Waals surface area contributed by atoms with E-state index in [0.717, 1.165) is 22.3 Å². The topological polar surface area (TPSA) is 99.1 Å². The number of carbonyl (C=O) groups excluding carboxylic acids is 3. The number of hydrogen-bond acceptors (Lipinski definition) is 7. The standard InChI is InChI=1S/C22H26O7Si/c1-15-7-9-19(10-8-15)22-12-11-21(26)14-20(22)6-5-13-30(27-16(2)23,28-17(3)24)29-18(4)25/h7-12,14,26H,5-6,13H2,1-4H3. The predicted molar refractivity (Wildman–Crippen MR) is 112 cm³/mol. The minimum absolute atomic E-state index is 0.0781. The molecule has 0 spiro atoms. The molecule has 0 radical (unpaired) electrons. The number of benzene rings is 2. The summed E-state index contributed by atoms with van der Waals surface area (Å²) in [5.74, 6) is -1.95. The molecule has 0 aliphatic rings. The van der Waals surface area contributed by atoms with Crippen LogP contribution in [0.25, 0.3) is 11.1 Å². The number of aromatic hydroxyl groups is 1. The van der Waals surface area contributed by atoms with Gasteiger partial charge in [0.15, 0.2) is 0 Å². The van der Waals surface area contributed by atoms with Crippen LogP contribution < -0.4 is 0 Å². The normalized spacial score (nSPS) is 10.9. The molecule has 0 saturated carbocycles. The molecular weight excluding hydrogens is 404 g/mol. The molecule has 2 aromatic rings. The maximum atomic E-state index is 11.6. The molecule has 2 rings (SSSR count). The van der Waals surface area contributed by atoms with Crippen molar-refractivity contribution in [2.24, 2.45) is 0 Å². The Balaban J connectivity index is 2.26. The highest BCUT2D eigenvalue weighted by Gasteiger charge is 2.51. The van der Waals surface area contributed by atoms with Crippen molar-refractivity contribution < 1.29 is 32.8 Å². The molecule has 160 valence electrons. The van der Waals surface area contributed by atoms with Gasteiger partial charge in [0.1, 0.15) is 5.75 Å². The van der Waals surface area contributed by atoms with Crippen LogP contribution in [0.5, 0.6) is 5.75 Å². The van der Waals surface area contributed by atoms with E-state index in [2.05, 4.69) is 0 Å². The average Bonchev–Trinajstić information content (AvgIpc) is 2.61. The Morgan fingerprint density at radius 3 is 1.90 bits per heavy atom. The number of phenolic OH excluding ortho intramolecular Hbond substituents is 1. The van der Waals surface area contributed by atoms with Gasteiger partial charge in [0.2, 0.25) is 0 Å². The highest BCUT2D eigenvalue weighted by atomic mass is 28.4. The second-order valence-corrected chi connectivity index (χ2v) is 9.50. The monoisotopic (exact) mass is 430 g/mol. The Bertz CT molecular complexity index is 881. The summed E-state index contributed by atoms with van der Waals surface area (Å²) in [5, 5.41) is 9.95. The number of phenols is 1. The zero-order valence-electron chi connectivity index (χ0n) is 17.6. The molecule has 0 heterocycles. The fourth-order valence-corrected chi connectivity index (χ4v) is 5.52. The van der Waals surface area contributed by atoms with Gasteiger partial charge in [-0.15, -0.1) is 0 Å². The van der Waals surface area contributed by atoms with Crippen LogP contribution in [0.4, 0.5) is 0 Å². The van der Waals surface area contributed by atoms with Crippen LogP contribution in [0.2, 0.25) is 6.04 Å². The van der Waals surface area contributed by atoms with Gasteiger partial charge in [-0.25, -0.2) is 0 Å². The van der Waals surface area contributed by atoms with Gasteiger partial charge in [-0.05, 0) is 48.6 Å². The molecule has 0 aromatic heterocycles. The first-order chi connectivity index (χ1) is 14.1. The summed E-state index contributed by atoms with van der Waals surface area (Å²) < 4.78 is 15.6. The lowest BCUT2D eigenvalue weighted by molar-refractivity contribution is -0.147. The van der Waals surface area contributed by atoms with Gasteiger partial charge in [-0.3, -0.25) is 14.4 Å². The predicted octanol–water partition coefficient (Wildman–Crippen LogP) is 3.93. The van der Waals surface area contributed by atoms with Crippen molar-refractivity contribution in [1.82, 2.24) is 0 Å². The minimum Gasteiger partial charge on any atom is -0.508 e. The van der Waals surface area contributed by atoms with E-state index in [-0.39, 0.29) is 11.8 Å². The third-order valence-electron chi connectivity index (χ3n) is 4.28. The highest BCUT2D eigenvalue weighted by Crippen LogP contribution is 2.30. The lowest BCUT2D eigenvalue weighted by atomic mass is 9.96. The molecule has 2 aromatic carbocycles. The van der Waals surface area contributed by atoms with Gasteiger partial charge in [-0.1, -0.05) is 35.9 Å². The molecule has 0 bridgehead atoms. The van der Waals surface area contributed by atoms with Crippen LogP contribution in [-0.4, -0.2) is 31.8 Å². The quantitative estimate of drug-likeness (QED) is 0.634. The molecule has 8 heteroatoms. The van der Waals surface area contributed by atoms with Crippen molar-refractivity contribution in [2.75, 3.05) is 0 Å². The minimum atomic E-state index is -3.87. The Hall–Kier alpha value is -3.13. The van der Waals surface area contributed by atoms with Gasteiger partial charge >= 0.3 is 8.80 Å². The van der Waals surface area contributed by atoms with Gasteiger partial charge in [0, 0.05) is 20.8 Å². The van der Waals surface area contributed by atoms with Crippen molar-refractivity contribution in [1.29, 1.82) is 0 Å². The molecule has 1 N–H and O–H groups in total. The largest absolute Gasteiger partial charge is 0.705 e. The molecule has 0 aliphatic carbocycles. The van der Waals surface area contributed by atoms with E-state index in [0.29, 0.717) is 12.8 Å². The van der Waals surface area contributed by atoms with E-state index in [1.165, 1.54) is 20.8 Å². The molecule has 7 nitrogen and oxygen atoms in total. The van der Waals surface area contributed by atoms with Gasteiger partial charge in [0.25, 0.3) is 17.9 Å². The van der Waals surface area contributed by atoms with Crippen molar-refractivity contribution in [3.63, 3.8) is 0 Å². The van der Waals surface area contributed by atoms with E-state index < -0.39 is 26.7 Å². The van der Waals surface area contributed by atoms with E-state index in [4.69, 9.17) is 13.3 Å². The summed E-state index contributed by atoms with van der Waals surface area (Å²) in [7, 11) is -3.87. The lowest BCUT2D eigenvalue weighted by Crippen LogP contribution is -2.49. The van der Waals surface area contributed by atoms with Crippen molar-refractivity contribution in [3.8, 4) is 16.9 Å². The number of hydrogen-bond donors (Lipinski definition) is 1. The number of carbonyl (C=O) groups is 3. The summed E-state index contributed by atoms with van der Waals surface area (Å²) >= 11 is 0. The van der Waals surface area contributed by atoms with Crippen LogP contribution >= 0.6 is 0 Å². The van der Waals surface area contributed by atoms with Crippen LogP contribution in [-0.2, 0) is 34.1 Å². The van der Waals surface area contributed by atoms with Crippen molar-refractivity contribution >= 4 is 26.7 Å². The molecule has 0 amide bonds. The average molecular weight is 431 g/mol. The Morgan fingerprint density at radius 2 is 1.40 bits per heavy atom. The summed E-state index contributed by atoms with van der Waals surface area (Å²) in [4.78, 5) is 34.7. The van der Waals surface area contributed by atoms with E-state index in [1.807, 2.05) is 37.3 Å². The van der Waals surface area contributed by atoms with E-state index in [1.54, 1.807) is 12.1 Å². The fraction of sp³-hybridized carbons (Fsp3) is 0.318. The van der Waals surface area contributed by atoms with Gasteiger partial charge < -0.3 is 18.4 Å². The molecular formula is C22H26O7Si. The highest BCUT2D eigenvalue weighted by molar-refractivity contribution is 6.65. The fourth-order valence-electron chi connectivity index (χ4n) is 3.17. The molecule has 0 unspecified atom stereocenters. The number of aryl methyl sites for hydroxylation is 2. The third-order valence-corrected chi connectivity index (χ3v) is 7.04. The Kier molecular flexibility index (Phi) is 7.77. The van der Waals surface area contributed by atoms with E-state index >= 15 is 0 Å². The molecule has 30 heavy (non-hydrogen) atoms. The summed E-state index contributed by atoms with van der Waals surface area (Å²) in [6.07, 6.45) is 0.887. The first-order valence-electron chi connectivity index (χ1n) is 9.58. The lowest BCUT2D eigenvalue weighted by Gasteiger charge is -2.26. The first kappa shape index (κ1) is 23.1. The summed E-state index contributed by atoms with van der Waals surface area (Å²) in [6.45, 7) is 5.50. The second kappa shape index (κ2) is 10.1. The SMILES string of the molecule is CC(=O)O[Si](CCCc1cc(O)ccc1-c1ccc(C)cc1)(OC(C)=O)OC(C)=O. The molecule has 0 saturated heterocycles. The second-order valence-electron chi connectivity index (χ2n) is 7.02. The Labute approximate surface area is 177 Å². The van der Waals surface area contributed by atoms with Gasteiger partial charge in [0.05, 0.1) is 6.04 Å². The van der Waals surface area contributed by atoms with Gasteiger partial charge in [-0.2, -0.15) is 0 Å². The summed E-state index contributed by atoms with van der Waals surface area (Å²) in [6, 6.07) is 13.2. The van der Waals surface area contributed by atoms with Crippen molar-refractivity contribution in [2.45, 2.75) is 46.6 Å². The maximum absolute atomic E-state index is 11.6. The zero-order chi connectivity index (χ0) is 22.3. The Morgan fingerprint density at radius 1 is 0.867 bits per heavy atom. The maximum Gasteiger partial charge on any atom is 0.705 e. The number of rotatable bonds is 8. The van der Waals surface area contributed by atoms with Crippen LogP contribution in [0.15, 0.2) is 42.5 Å². The molecule has 0 aliphatic heterocycles. The first-order valence-corrected chi connectivity index (χ1v) is 11.5.